The first kappa shape index (κ1) is 8.73. The molecule has 0 aliphatic heterocycles. The molecule has 1 heterocycles. The second-order valence-electron chi connectivity index (χ2n) is 2.54. The van der Waals surface area contributed by atoms with Crippen LogP contribution in [-0.2, 0) is 7.05 Å². The van der Waals surface area contributed by atoms with Gasteiger partial charge in [0.2, 0.25) is 0 Å². The van der Waals surface area contributed by atoms with Crippen molar-refractivity contribution in [3.05, 3.63) is 18.2 Å². The maximum absolute atomic E-state index is 11.2. The molecule has 66 valence electrons. The van der Waals surface area contributed by atoms with Crippen molar-refractivity contribution in [3.8, 4) is 0 Å². The van der Waals surface area contributed by atoms with Crippen LogP contribution >= 0.6 is 0 Å². The summed E-state index contributed by atoms with van der Waals surface area (Å²) in [5.41, 5.74) is 0.427. The van der Waals surface area contributed by atoms with Crippen molar-refractivity contribution in [1.82, 2.24) is 14.9 Å². The lowest BCUT2D eigenvalue weighted by Crippen LogP contribution is -2.33. The number of nitrogens with zero attached hydrogens (tertiary/aromatic N) is 2. The molecule has 2 N–H and O–H groups in total. The highest BCUT2D eigenvalue weighted by atomic mass is 16.3. The molecule has 0 aliphatic carbocycles. The molecule has 0 aliphatic rings. The van der Waals surface area contributed by atoms with Crippen LogP contribution in [0, 0.1) is 0 Å². The van der Waals surface area contributed by atoms with Crippen LogP contribution in [0.1, 0.15) is 17.4 Å². The predicted octanol–water partition coefficient (Wildman–Crippen LogP) is -0.512. The Morgan fingerprint density at radius 2 is 2.50 bits per heavy atom. The summed E-state index contributed by atoms with van der Waals surface area (Å²) < 4.78 is 1.58. The van der Waals surface area contributed by atoms with Crippen LogP contribution in [0.25, 0.3) is 0 Å². The van der Waals surface area contributed by atoms with Crippen LogP contribution in [0.4, 0.5) is 0 Å². The van der Waals surface area contributed by atoms with Crippen molar-refractivity contribution in [1.29, 1.82) is 0 Å². The third-order valence-electron chi connectivity index (χ3n) is 1.39. The Morgan fingerprint density at radius 3 is 2.92 bits per heavy atom. The molecule has 0 aromatic carbocycles. The highest BCUT2D eigenvalue weighted by Gasteiger charge is 2.10. The van der Waals surface area contributed by atoms with Gasteiger partial charge >= 0.3 is 0 Å². The summed E-state index contributed by atoms with van der Waals surface area (Å²) in [6.45, 7) is 1.48. The number of aliphatic hydroxyl groups is 1. The minimum atomic E-state index is -0.840. The van der Waals surface area contributed by atoms with Gasteiger partial charge in [-0.1, -0.05) is 0 Å². The lowest BCUT2D eigenvalue weighted by molar-refractivity contribution is 0.0810. The fourth-order valence-electron chi connectivity index (χ4n) is 0.840. The number of carbonyl (C=O) groups excluding carboxylic acids is 1. The molecule has 5 nitrogen and oxygen atoms in total. The molecule has 0 fully saturated rings. The third kappa shape index (κ3) is 1.82. The minimum Gasteiger partial charge on any atom is -0.374 e. The Kier molecular flexibility index (Phi) is 2.44. The molecular formula is C7H11N3O2. The first-order valence-electron chi connectivity index (χ1n) is 3.56. The van der Waals surface area contributed by atoms with Crippen molar-refractivity contribution in [2.24, 2.45) is 7.05 Å². The fourth-order valence-corrected chi connectivity index (χ4v) is 0.840. The summed E-state index contributed by atoms with van der Waals surface area (Å²) in [5, 5.41) is 11.2. The van der Waals surface area contributed by atoms with Crippen molar-refractivity contribution in [2.75, 3.05) is 0 Å². The molecule has 0 spiro atoms. The van der Waals surface area contributed by atoms with Crippen LogP contribution in [0.15, 0.2) is 12.5 Å². The topological polar surface area (TPSA) is 67.2 Å². The van der Waals surface area contributed by atoms with E-state index in [1.54, 1.807) is 11.6 Å². The zero-order valence-electron chi connectivity index (χ0n) is 6.98. The molecule has 0 radical (unpaired) electrons. The number of hydrogen-bond donors (Lipinski definition) is 2. The molecule has 0 saturated heterocycles. The van der Waals surface area contributed by atoms with Crippen molar-refractivity contribution < 1.29 is 9.90 Å². The molecule has 1 atom stereocenters. The summed E-state index contributed by atoms with van der Waals surface area (Å²) in [4.78, 5) is 15.0. The number of amides is 1. The monoisotopic (exact) mass is 169 g/mol. The number of hydrogen-bond acceptors (Lipinski definition) is 3. The van der Waals surface area contributed by atoms with E-state index in [0.29, 0.717) is 5.69 Å². The zero-order valence-corrected chi connectivity index (χ0v) is 6.98. The molecule has 1 aromatic rings. The SMILES string of the molecule is CC(O)NC(=O)c1cncn1C. The van der Waals surface area contributed by atoms with Gasteiger partial charge in [0, 0.05) is 7.05 Å². The normalized spacial score (nSPS) is 12.6. The van der Waals surface area contributed by atoms with Gasteiger partial charge in [0.25, 0.3) is 5.91 Å². The lowest BCUT2D eigenvalue weighted by Gasteiger charge is -2.06. The second-order valence-corrected chi connectivity index (χ2v) is 2.54. The van der Waals surface area contributed by atoms with Gasteiger partial charge in [-0.2, -0.15) is 0 Å². The molecule has 1 aromatic heterocycles. The Morgan fingerprint density at radius 1 is 1.83 bits per heavy atom. The van der Waals surface area contributed by atoms with E-state index in [9.17, 15) is 4.79 Å². The number of rotatable bonds is 2. The number of nitrogens with one attached hydrogen (secondary N) is 1. The molecule has 1 rings (SSSR count). The first-order valence-corrected chi connectivity index (χ1v) is 3.56. The van der Waals surface area contributed by atoms with E-state index in [0.717, 1.165) is 0 Å². The molecule has 0 bridgehead atoms. The van der Waals surface area contributed by atoms with Crippen LogP contribution in [0.5, 0.6) is 0 Å². The average Bonchev–Trinajstić information content (AvgIpc) is 2.33. The summed E-state index contributed by atoms with van der Waals surface area (Å²) >= 11 is 0. The van der Waals surface area contributed by atoms with Gasteiger partial charge in [0.1, 0.15) is 11.9 Å². The van der Waals surface area contributed by atoms with E-state index in [4.69, 9.17) is 5.11 Å². The molecular weight excluding hydrogens is 158 g/mol. The lowest BCUT2D eigenvalue weighted by atomic mass is 10.4. The Bertz CT molecular complexity index is 280. The van der Waals surface area contributed by atoms with E-state index < -0.39 is 6.23 Å². The van der Waals surface area contributed by atoms with E-state index in [1.165, 1.54) is 19.4 Å². The van der Waals surface area contributed by atoms with Gasteiger partial charge in [-0.05, 0) is 6.92 Å². The zero-order chi connectivity index (χ0) is 9.14. The van der Waals surface area contributed by atoms with Crippen LogP contribution in [0.2, 0.25) is 0 Å². The molecule has 12 heavy (non-hydrogen) atoms. The van der Waals surface area contributed by atoms with Gasteiger partial charge < -0.3 is 15.0 Å². The van der Waals surface area contributed by atoms with E-state index in [1.807, 2.05) is 0 Å². The van der Waals surface area contributed by atoms with E-state index >= 15 is 0 Å². The summed E-state index contributed by atoms with van der Waals surface area (Å²) in [7, 11) is 1.71. The second kappa shape index (κ2) is 3.36. The Balaban J connectivity index is 2.72. The van der Waals surface area contributed by atoms with Gasteiger partial charge in [0.15, 0.2) is 0 Å². The molecule has 5 heteroatoms. The van der Waals surface area contributed by atoms with E-state index in [2.05, 4.69) is 10.3 Å². The van der Waals surface area contributed by atoms with Gasteiger partial charge in [0.05, 0.1) is 12.5 Å². The number of aryl methyl sites for hydroxylation is 1. The van der Waals surface area contributed by atoms with E-state index in [-0.39, 0.29) is 5.91 Å². The van der Waals surface area contributed by atoms with Gasteiger partial charge in [-0.3, -0.25) is 4.79 Å². The summed E-state index contributed by atoms with van der Waals surface area (Å²) in [5.74, 6) is -0.329. The summed E-state index contributed by atoms with van der Waals surface area (Å²) in [6, 6.07) is 0. The fraction of sp³-hybridized carbons (Fsp3) is 0.429. The van der Waals surface area contributed by atoms with Gasteiger partial charge in [-0.25, -0.2) is 4.98 Å². The Hall–Kier alpha value is -1.36. The highest BCUT2D eigenvalue weighted by molar-refractivity contribution is 5.92. The largest absolute Gasteiger partial charge is 0.374 e. The number of aromatic nitrogens is 2. The number of aliphatic hydroxyl groups excluding tert-OH is 1. The maximum atomic E-state index is 11.2. The van der Waals surface area contributed by atoms with Crippen LogP contribution in [0.3, 0.4) is 0 Å². The van der Waals surface area contributed by atoms with Gasteiger partial charge in [-0.15, -0.1) is 0 Å². The standard InChI is InChI=1S/C7H11N3O2/c1-5(11)9-7(12)6-3-8-4-10(6)2/h3-5,11H,1-2H3,(H,9,12). The first-order chi connectivity index (χ1) is 5.61. The Labute approximate surface area is 70.0 Å². The van der Waals surface area contributed by atoms with Crippen LogP contribution < -0.4 is 5.32 Å². The quantitative estimate of drug-likeness (QED) is 0.586. The molecule has 1 amide bonds. The molecule has 0 saturated carbocycles. The maximum Gasteiger partial charge on any atom is 0.271 e. The van der Waals surface area contributed by atoms with Crippen molar-refractivity contribution in [2.45, 2.75) is 13.2 Å². The number of carbonyl (C=O) groups is 1. The van der Waals surface area contributed by atoms with Crippen molar-refractivity contribution in [3.63, 3.8) is 0 Å². The smallest absolute Gasteiger partial charge is 0.271 e. The molecule has 1 unspecified atom stereocenters. The highest BCUT2D eigenvalue weighted by Crippen LogP contribution is 1.95. The van der Waals surface area contributed by atoms with Crippen molar-refractivity contribution >= 4 is 5.91 Å². The number of imidazole rings is 1. The van der Waals surface area contributed by atoms with Crippen LogP contribution in [-0.4, -0.2) is 26.8 Å². The minimum absolute atomic E-state index is 0.329. The average molecular weight is 169 g/mol. The third-order valence-corrected chi connectivity index (χ3v) is 1.39. The summed E-state index contributed by atoms with van der Waals surface area (Å²) in [6.07, 6.45) is 2.13. The predicted molar refractivity (Wildman–Crippen MR) is 42.4 cm³/mol.